The molecule has 0 aromatic rings. The Kier molecular flexibility index (Phi) is 6.91. The summed E-state index contributed by atoms with van der Waals surface area (Å²) in [6, 6.07) is 0.685. The normalized spacial score (nSPS) is 21.6. The molecule has 2 fully saturated rings. The number of halogens is 1. The lowest BCUT2D eigenvalue weighted by Gasteiger charge is -2.42. The Bertz CT molecular complexity index is 294. The zero-order valence-electron chi connectivity index (χ0n) is 12.7. The van der Waals surface area contributed by atoms with Gasteiger partial charge in [-0.2, -0.15) is 0 Å². The molecule has 0 aromatic carbocycles. The van der Waals surface area contributed by atoms with Crippen LogP contribution in [0.5, 0.6) is 0 Å². The van der Waals surface area contributed by atoms with Gasteiger partial charge in [-0.1, -0.05) is 20.3 Å². The van der Waals surface area contributed by atoms with Crippen LogP contribution in [0.4, 0.5) is 0 Å². The summed E-state index contributed by atoms with van der Waals surface area (Å²) < 4.78 is 0. The van der Waals surface area contributed by atoms with Crippen molar-refractivity contribution in [3.05, 3.63) is 0 Å². The number of rotatable bonds is 6. The second-order valence-electron chi connectivity index (χ2n) is 6.57. The van der Waals surface area contributed by atoms with Crippen molar-refractivity contribution < 1.29 is 0 Å². The summed E-state index contributed by atoms with van der Waals surface area (Å²) in [6.45, 7) is 8.76. The molecule has 0 unspecified atom stereocenters. The molecule has 0 atom stereocenters. The Balaban J connectivity index is 0.00000180. The van der Waals surface area contributed by atoms with Crippen molar-refractivity contribution in [3.8, 4) is 0 Å². The van der Waals surface area contributed by atoms with Crippen LogP contribution in [0, 0.1) is 11.3 Å². The third-order valence-corrected chi connectivity index (χ3v) is 4.09. The highest BCUT2D eigenvalue weighted by molar-refractivity contribution is 14.0. The van der Waals surface area contributed by atoms with Crippen LogP contribution in [-0.4, -0.2) is 25.1 Å². The van der Waals surface area contributed by atoms with E-state index in [1.54, 1.807) is 0 Å². The summed E-state index contributed by atoms with van der Waals surface area (Å²) in [4.78, 5) is 4.84. The van der Waals surface area contributed by atoms with Gasteiger partial charge in [0.25, 0.3) is 0 Å². The Morgan fingerprint density at radius 1 is 1.32 bits per heavy atom. The average Bonchev–Trinajstić information content (AvgIpc) is 3.05. The molecule has 2 aliphatic carbocycles. The maximum Gasteiger partial charge on any atom is 0.191 e. The fourth-order valence-corrected chi connectivity index (χ4v) is 2.96. The predicted molar refractivity (Wildman–Crippen MR) is 93.3 cm³/mol. The number of nitrogens with zero attached hydrogens (tertiary/aromatic N) is 1. The number of hydrogen-bond donors (Lipinski definition) is 2. The quantitative estimate of drug-likeness (QED) is 0.421. The predicted octanol–water partition coefficient (Wildman–Crippen LogP) is 3.54. The molecular weight excluding hydrogens is 349 g/mol. The smallest absolute Gasteiger partial charge is 0.191 e. The largest absolute Gasteiger partial charge is 0.357 e. The molecule has 0 radical (unpaired) electrons. The zero-order chi connectivity index (χ0) is 13.0. The van der Waals surface area contributed by atoms with E-state index in [0.717, 1.165) is 25.0 Å². The summed E-state index contributed by atoms with van der Waals surface area (Å²) in [6.07, 6.45) is 8.09. The van der Waals surface area contributed by atoms with Gasteiger partial charge in [-0.25, -0.2) is 0 Å². The first-order chi connectivity index (χ1) is 8.63. The molecule has 2 rings (SSSR count). The van der Waals surface area contributed by atoms with E-state index in [4.69, 9.17) is 4.99 Å². The molecule has 0 spiro atoms. The van der Waals surface area contributed by atoms with Crippen molar-refractivity contribution in [1.29, 1.82) is 0 Å². The van der Waals surface area contributed by atoms with E-state index in [-0.39, 0.29) is 24.0 Å². The molecule has 0 saturated heterocycles. The fourth-order valence-electron chi connectivity index (χ4n) is 2.96. The maximum atomic E-state index is 4.84. The van der Waals surface area contributed by atoms with Gasteiger partial charge in [-0.15, -0.1) is 24.0 Å². The van der Waals surface area contributed by atoms with Crippen LogP contribution in [-0.2, 0) is 0 Å². The van der Waals surface area contributed by atoms with Gasteiger partial charge in [0, 0.05) is 19.1 Å². The van der Waals surface area contributed by atoms with Crippen molar-refractivity contribution in [2.45, 2.75) is 65.3 Å². The molecule has 0 amide bonds. The van der Waals surface area contributed by atoms with E-state index in [9.17, 15) is 0 Å². The molecule has 0 heterocycles. The molecule has 2 saturated carbocycles. The third kappa shape index (κ3) is 5.48. The number of guanidine groups is 1. The van der Waals surface area contributed by atoms with Gasteiger partial charge in [0.05, 0.1) is 0 Å². The van der Waals surface area contributed by atoms with Crippen LogP contribution in [0.2, 0.25) is 0 Å². The highest BCUT2D eigenvalue weighted by Gasteiger charge is 2.37. The molecule has 3 nitrogen and oxygen atoms in total. The van der Waals surface area contributed by atoms with Crippen LogP contribution >= 0.6 is 24.0 Å². The monoisotopic (exact) mass is 379 g/mol. The Labute approximate surface area is 135 Å². The number of hydrogen-bond acceptors (Lipinski definition) is 1. The minimum Gasteiger partial charge on any atom is -0.357 e. The van der Waals surface area contributed by atoms with Crippen molar-refractivity contribution in [3.63, 3.8) is 0 Å². The Morgan fingerprint density at radius 2 is 2.00 bits per heavy atom. The molecular formula is C15H30IN3. The summed E-state index contributed by atoms with van der Waals surface area (Å²) in [5.74, 6) is 1.83. The highest BCUT2D eigenvalue weighted by Crippen LogP contribution is 2.46. The van der Waals surface area contributed by atoms with Crippen molar-refractivity contribution >= 4 is 29.9 Å². The lowest BCUT2D eigenvalue weighted by Crippen LogP contribution is -2.41. The van der Waals surface area contributed by atoms with Gasteiger partial charge in [0.2, 0.25) is 0 Å². The summed E-state index contributed by atoms with van der Waals surface area (Å²) in [7, 11) is 0. The Hall–Kier alpha value is 0. The first kappa shape index (κ1) is 17.1. The van der Waals surface area contributed by atoms with E-state index < -0.39 is 0 Å². The molecule has 0 bridgehead atoms. The minimum atomic E-state index is 0. The summed E-state index contributed by atoms with van der Waals surface area (Å²) >= 11 is 0. The lowest BCUT2D eigenvalue weighted by molar-refractivity contribution is 0.111. The van der Waals surface area contributed by atoms with E-state index in [2.05, 4.69) is 31.4 Å². The van der Waals surface area contributed by atoms with E-state index in [1.807, 2.05) is 0 Å². The topological polar surface area (TPSA) is 36.4 Å². The van der Waals surface area contributed by atoms with Gasteiger partial charge in [0.1, 0.15) is 0 Å². The molecule has 4 heteroatoms. The average molecular weight is 379 g/mol. The number of aliphatic imine (C=N–C) groups is 1. The van der Waals surface area contributed by atoms with E-state index >= 15 is 0 Å². The van der Waals surface area contributed by atoms with Crippen molar-refractivity contribution in [2.24, 2.45) is 16.3 Å². The first-order valence-electron chi connectivity index (χ1n) is 7.68. The molecule has 0 aromatic heterocycles. The molecule has 19 heavy (non-hydrogen) atoms. The lowest BCUT2D eigenvalue weighted by atomic mass is 9.64. The van der Waals surface area contributed by atoms with Crippen LogP contribution in [0.3, 0.4) is 0 Å². The van der Waals surface area contributed by atoms with Gasteiger partial charge in [0.15, 0.2) is 5.96 Å². The second kappa shape index (κ2) is 7.70. The van der Waals surface area contributed by atoms with Crippen LogP contribution in [0.25, 0.3) is 0 Å². The first-order valence-corrected chi connectivity index (χ1v) is 7.68. The fraction of sp³-hybridized carbons (Fsp3) is 0.933. The third-order valence-electron chi connectivity index (χ3n) is 4.09. The summed E-state index contributed by atoms with van der Waals surface area (Å²) in [5, 5.41) is 6.87. The van der Waals surface area contributed by atoms with Gasteiger partial charge >= 0.3 is 0 Å². The molecule has 0 aliphatic heterocycles. The summed E-state index contributed by atoms with van der Waals surface area (Å²) in [5.41, 5.74) is 0.514. The van der Waals surface area contributed by atoms with Crippen LogP contribution in [0.15, 0.2) is 4.99 Å². The van der Waals surface area contributed by atoms with Gasteiger partial charge in [-0.3, -0.25) is 4.99 Å². The van der Waals surface area contributed by atoms with Gasteiger partial charge < -0.3 is 10.6 Å². The van der Waals surface area contributed by atoms with Crippen molar-refractivity contribution in [1.82, 2.24) is 10.6 Å². The molecule has 112 valence electrons. The second-order valence-corrected chi connectivity index (χ2v) is 6.57. The van der Waals surface area contributed by atoms with E-state index in [1.165, 1.54) is 38.5 Å². The highest BCUT2D eigenvalue weighted by atomic mass is 127. The standard InChI is InChI=1S/C15H29N3.HI/c1-4-16-14(18-13-6-7-13)17-11-15(8-5-9-15)10-12(2)3;/h12-13H,4-11H2,1-3H3,(H2,16,17,18);1H. The maximum absolute atomic E-state index is 4.84. The van der Waals surface area contributed by atoms with Crippen LogP contribution < -0.4 is 10.6 Å². The molecule has 2 aliphatic rings. The molecule has 2 N–H and O–H groups in total. The zero-order valence-corrected chi connectivity index (χ0v) is 15.0. The van der Waals surface area contributed by atoms with Crippen molar-refractivity contribution in [2.75, 3.05) is 13.1 Å². The number of nitrogens with one attached hydrogen (secondary N) is 2. The SMILES string of the molecule is CCNC(=NCC1(CC(C)C)CCC1)NC1CC1.I. The Morgan fingerprint density at radius 3 is 2.42 bits per heavy atom. The van der Waals surface area contributed by atoms with Crippen LogP contribution in [0.1, 0.15) is 59.3 Å². The minimum absolute atomic E-state index is 0. The van der Waals surface area contributed by atoms with E-state index in [0.29, 0.717) is 11.5 Å². The van der Waals surface area contributed by atoms with Gasteiger partial charge in [-0.05, 0) is 50.4 Å².